The molecule has 0 fully saturated rings. The van der Waals surface area contributed by atoms with Crippen molar-refractivity contribution in [2.24, 2.45) is 0 Å². The summed E-state index contributed by atoms with van der Waals surface area (Å²) in [6, 6.07) is 9.40. The number of methoxy groups -OCH3 is 2. The molecule has 0 aliphatic rings. The Bertz CT molecular complexity index is 689. The van der Waals surface area contributed by atoms with Gasteiger partial charge in [-0.05, 0) is 18.4 Å². The van der Waals surface area contributed by atoms with E-state index in [2.05, 4.69) is 11.9 Å². The van der Waals surface area contributed by atoms with Crippen LogP contribution in [0.15, 0.2) is 30.3 Å². The summed E-state index contributed by atoms with van der Waals surface area (Å²) in [5.74, 6) is -1.09. The van der Waals surface area contributed by atoms with Gasteiger partial charge in [-0.2, -0.15) is 0 Å². The lowest BCUT2D eigenvalue weighted by Gasteiger charge is -2.05. The molecule has 0 radical (unpaired) electrons. The lowest BCUT2D eigenvalue weighted by atomic mass is 10.0. The number of carbonyl (C=O) groups is 2. The van der Waals surface area contributed by atoms with Crippen LogP contribution in [0.1, 0.15) is 46.2 Å². The van der Waals surface area contributed by atoms with E-state index in [-0.39, 0.29) is 11.1 Å². The fourth-order valence-electron chi connectivity index (χ4n) is 2.55. The van der Waals surface area contributed by atoms with Gasteiger partial charge in [-0.3, -0.25) is 0 Å². The van der Waals surface area contributed by atoms with Gasteiger partial charge in [-0.15, -0.1) is 0 Å². The van der Waals surface area contributed by atoms with Crippen LogP contribution in [0.2, 0.25) is 0 Å². The third kappa shape index (κ3) is 3.44. The zero-order chi connectivity index (χ0) is 16.8. The van der Waals surface area contributed by atoms with Crippen LogP contribution in [-0.2, 0) is 15.9 Å². The average Bonchev–Trinajstić information content (AvgIpc) is 2.98. The Morgan fingerprint density at radius 2 is 1.61 bits per heavy atom. The summed E-state index contributed by atoms with van der Waals surface area (Å²) in [6.45, 7) is 2.07. The number of nitrogens with one attached hydrogen (secondary N) is 1. The SMILES string of the molecule is CCCCc1[nH]c(-c2ccccc2)c(C(=O)OC)c1C(=O)OC. The number of esters is 2. The highest BCUT2D eigenvalue weighted by atomic mass is 16.5. The Labute approximate surface area is 135 Å². The van der Waals surface area contributed by atoms with Crippen LogP contribution < -0.4 is 0 Å². The van der Waals surface area contributed by atoms with E-state index >= 15 is 0 Å². The van der Waals surface area contributed by atoms with Gasteiger partial charge < -0.3 is 14.5 Å². The number of benzene rings is 1. The zero-order valence-corrected chi connectivity index (χ0v) is 13.6. The van der Waals surface area contributed by atoms with Crippen molar-refractivity contribution >= 4 is 11.9 Å². The molecule has 0 saturated carbocycles. The molecule has 122 valence electrons. The van der Waals surface area contributed by atoms with E-state index in [1.807, 2.05) is 30.3 Å². The average molecular weight is 315 g/mol. The number of rotatable bonds is 6. The predicted molar refractivity (Wildman–Crippen MR) is 87.5 cm³/mol. The van der Waals surface area contributed by atoms with Gasteiger partial charge in [0, 0.05) is 5.69 Å². The maximum atomic E-state index is 12.3. The lowest BCUT2D eigenvalue weighted by molar-refractivity contribution is 0.0556. The minimum Gasteiger partial charge on any atom is -0.465 e. The number of aryl methyl sites for hydroxylation is 1. The van der Waals surface area contributed by atoms with E-state index in [0.717, 1.165) is 18.4 Å². The standard InChI is InChI=1S/C18H21NO4/c1-4-5-11-13-14(17(20)22-2)15(18(21)23-3)16(19-13)12-9-7-6-8-10-12/h6-10,19H,4-5,11H2,1-3H3. The molecule has 0 spiro atoms. The van der Waals surface area contributed by atoms with Crippen molar-refractivity contribution in [2.45, 2.75) is 26.2 Å². The van der Waals surface area contributed by atoms with Crippen molar-refractivity contribution in [1.82, 2.24) is 4.98 Å². The molecule has 5 heteroatoms. The quantitative estimate of drug-likeness (QED) is 0.827. The van der Waals surface area contributed by atoms with Gasteiger partial charge >= 0.3 is 11.9 Å². The van der Waals surface area contributed by atoms with Crippen molar-refractivity contribution in [3.05, 3.63) is 47.2 Å². The third-order valence-electron chi connectivity index (χ3n) is 3.70. The van der Waals surface area contributed by atoms with E-state index in [1.165, 1.54) is 14.2 Å². The number of unbranched alkanes of at least 4 members (excludes halogenated alkanes) is 1. The zero-order valence-electron chi connectivity index (χ0n) is 13.6. The Morgan fingerprint density at radius 1 is 1.00 bits per heavy atom. The molecule has 23 heavy (non-hydrogen) atoms. The first kappa shape index (κ1) is 16.8. The fourth-order valence-corrected chi connectivity index (χ4v) is 2.55. The monoisotopic (exact) mass is 315 g/mol. The van der Waals surface area contributed by atoms with Crippen LogP contribution in [-0.4, -0.2) is 31.1 Å². The molecule has 0 atom stereocenters. The second-order valence-electron chi connectivity index (χ2n) is 5.18. The number of hydrogen-bond acceptors (Lipinski definition) is 4. The van der Waals surface area contributed by atoms with Crippen LogP contribution in [0.3, 0.4) is 0 Å². The molecule has 1 heterocycles. The molecular formula is C18H21NO4. The first-order valence-corrected chi connectivity index (χ1v) is 7.60. The summed E-state index contributed by atoms with van der Waals surface area (Å²) in [5, 5.41) is 0. The molecule has 0 saturated heterocycles. The Balaban J connectivity index is 2.67. The summed E-state index contributed by atoms with van der Waals surface area (Å²) in [5.41, 5.74) is 2.62. The van der Waals surface area contributed by atoms with Gasteiger partial charge in [0.05, 0.1) is 31.0 Å². The molecule has 1 N–H and O–H groups in total. The Hall–Kier alpha value is -2.56. The van der Waals surface area contributed by atoms with Gasteiger partial charge in [-0.25, -0.2) is 9.59 Å². The number of carbonyl (C=O) groups excluding carboxylic acids is 2. The topological polar surface area (TPSA) is 68.4 Å². The van der Waals surface area contributed by atoms with Crippen molar-refractivity contribution in [3.8, 4) is 11.3 Å². The van der Waals surface area contributed by atoms with Crippen molar-refractivity contribution in [2.75, 3.05) is 14.2 Å². The predicted octanol–water partition coefficient (Wildman–Crippen LogP) is 3.60. The fraction of sp³-hybridized carbons (Fsp3) is 0.333. The highest BCUT2D eigenvalue weighted by Crippen LogP contribution is 2.30. The smallest absolute Gasteiger partial charge is 0.340 e. The molecule has 2 aromatic rings. The molecule has 0 aliphatic carbocycles. The number of aromatic amines is 1. The first-order valence-electron chi connectivity index (χ1n) is 7.60. The highest BCUT2D eigenvalue weighted by Gasteiger charge is 2.29. The van der Waals surface area contributed by atoms with Crippen LogP contribution in [0.25, 0.3) is 11.3 Å². The second-order valence-corrected chi connectivity index (χ2v) is 5.18. The largest absolute Gasteiger partial charge is 0.465 e. The van der Waals surface area contributed by atoms with Crippen molar-refractivity contribution in [1.29, 1.82) is 0 Å². The van der Waals surface area contributed by atoms with E-state index < -0.39 is 11.9 Å². The van der Waals surface area contributed by atoms with Gasteiger partial charge in [-0.1, -0.05) is 43.7 Å². The van der Waals surface area contributed by atoms with Crippen molar-refractivity contribution in [3.63, 3.8) is 0 Å². The normalized spacial score (nSPS) is 10.4. The maximum Gasteiger partial charge on any atom is 0.340 e. The molecular weight excluding hydrogens is 294 g/mol. The molecule has 0 aliphatic heterocycles. The van der Waals surface area contributed by atoms with Crippen LogP contribution in [0.5, 0.6) is 0 Å². The van der Waals surface area contributed by atoms with Crippen LogP contribution >= 0.6 is 0 Å². The summed E-state index contributed by atoms with van der Waals surface area (Å²) < 4.78 is 9.76. The molecule has 0 amide bonds. The van der Waals surface area contributed by atoms with E-state index in [4.69, 9.17) is 9.47 Å². The summed E-state index contributed by atoms with van der Waals surface area (Å²) in [7, 11) is 2.61. The highest BCUT2D eigenvalue weighted by molar-refractivity contribution is 6.08. The summed E-state index contributed by atoms with van der Waals surface area (Å²) >= 11 is 0. The van der Waals surface area contributed by atoms with E-state index in [1.54, 1.807) is 0 Å². The van der Waals surface area contributed by atoms with Gasteiger partial charge in [0.2, 0.25) is 0 Å². The van der Waals surface area contributed by atoms with Crippen LogP contribution in [0, 0.1) is 0 Å². The lowest BCUT2D eigenvalue weighted by Crippen LogP contribution is -2.12. The maximum absolute atomic E-state index is 12.3. The number of H-pyrrole nitrogens is 1. The minimum atomic E-state index is -0.553. The van der Waals surface area contributed by atoms with Gasteiger partial charge in [0.1, 0.15) is 0 Å². The van der Waals surface area contributed by atoms with Crippen molar-refractivity contribution < 1.29 is 19.1 Å². The summed E-state index contributed by atoms with van der Waals surface area (Å²) in [4.78, 5) is 27.7. The number of aromatic nitrogens is 1. The third-order valence-corrected chi connectivity index (χ3v) is 3.70. The van der Waals surface area contributed by atoms with E-state index in [9.17, 15) is 9.59 Å². The molecule has 5 nitrogen and oxygen atoms in total. The molecule has 0 unspecified atom stereocenters. The minimum absolute atomic E-state index is 0.233. The Kier molecular flexibility index (Phi) is 5.57. The van der Waals surface area contributed by atoms with Gasteiger partial charge in [0.25, 0.3) is 0 Å². The molecule has 1 aromatic carbocycles. The van der Waals surface area contributed by atoms with Gasteiger partial charge in [0.15, 0.2) is 0 Å². The van der Waals surface area contributed by atoms with Crippen LogP contribution in [0.4, 0.5) is 0 Å². The summed E-state index contributed by atoms with van der Waals surface area (Å²) in [6.07, 6.45) is 2.55. The second kappa shape index (κ2) is 7.63. The Morgan fingerprint density at radius 3 is 2.17 bits per heavy atom. The number of hydrogen-bond donors (Lipinski definition) is 1. The molecule has 1 aromatic heterocycles. The molecule has 0 bridgehead atoms. The number of ether oxygens (including phenoxy) is 2. The molecule has 2 rings (SSSR count). The van der Waals surface area contributed by atoms with E-state index in [0.29, 0.717) is 17.8 Å². The first-order chi connectivity index (χ1) is 11.1.